The quantitative estimate of drug-likeness (QED) is 0.838. The highest BCUT2D eigenvalue weighted by Crippen LogP contribution is 2.14. The molecule has 1 heterocycles. The zero-order valence-corrected chi connectivity index (χ0v) is 9.82. The van der Waals surface area contributed by atoms with Gasteiger partial charge in [-0.15, -0.1) is 0 Å². The van der Waals surface area contributed by atoms with Crippen LogP contribution in [0.1, 0.15) is 32.3 Å². The van der Waals surface area contributed by atoms with Crippen molar-refractivity contribution in [3.05, 3.63) is 11.8 Å². The Labute approximate surface area is 95.1 Å². The third-order valence-corrected chi connectivity index (χ3v) is 2.55. The number of amides is 1. The fraction of sp³-hybridized carbons (Fsp3) is 0.545. The van der Waals surface area contributed by atoms with E-state index in [-0.39, 0.29) is 5.91 Å². The van der Waals surface area contributed by atoms with Crippen LogP contribution in [-0.4, -0.2) is 15.7 Å². The van der Waals surface area contributed by atoms with Gasteiger partial charge in [-0.25, -0.2) is 0 Å². The van der Waals surface area contributed by atoms with Crippen LogP contribution in [0.2, 0.25) is 0 Å². The molecule has 86 valence electrons. The first-order chi connectivity index (χ1) is 7.58. The molecular formula is C11H16N4O. The average Bonchev–Trinajstić information content (AvgIpc) is 2.60. The number of carbonyl (C=O) groups is 1. The van der Waals surface area contributed by atoms with E-state index >= 15 is 0 Å². The Bertz CT molecular complexity index is 416. The minimum atomic E-state index is -0.0746. The van der Waals surface area contributed by atoms with Crippen LogP contribution in [-0.2, 0) is 11.8 Å². The van der Waals surface area contributed by atoms with Crippen LogP contribution in [0.4, 0.5) is 5.82 Å². The minimum absolute atomic E-state index is 0.0746. The Morgan fingerprint density at radius 1 is 1.75 bits per heavy atom. The van der Waals surface area contributed by atoms with E-state index in [4.69, 9.17) is 5.26 Å². The number of nitriles is 1. The zero-order valence-electron chi connectivity index (χ0n) is 9.82. The predicted octanol–water partition coefficient (Wildman–Crippen LogP) is 1.67. The summed E-state index contributed by atoms with van der Waals surface area (Å²) in [6.07, 6.45) is 2.87. The molecule has 0 fully saturated rings. The smallest absolute Gasteiger partial charge is 0.225 e. The zero-order chi connectivity index (χ0) is 12.1. The Balaban J connectivity index is 2.70. The van der Waals surface area contributed by atoms with Crippen LogP contribution in [0, 0.1) is 17.2 Å². The molecular weight excluding hydrogens is 204 g/mol. The summed E-state index contributed by atoms with van der Waals surface area (Å²) in [6, 6.07) is 1.99. The number of anilines is 1. The molecule has 5 heteroatoms. The molecule has 1 aromatic heterocycles. The van der Waals surface area contributed by atoms with E-state index in [0.717, 1.165) is 6.42 Å². The molecule has 1 rings (SSSR count). The van der Waals surface area contributed by atoms with Gasteiger partial charge in [0.1, 0.15) is 17.5 Å². The van der Waals surface area contributed by atoms with Crippen molar-refractivity contribution in [2.75, 3.05) is 5.32 Å². The number of nitrogens with one attached hydrogen (secondary N) is 1. The molecule has 0 aliphatic rings. The summed E-state index contributed by atoms with van der Waals surface area (Å²) in [6.45, 7) is 4.07. The summed E-state index contributed by atoms with van der Waals surface area (Å²) in [7, 11) is 1.69. The van der Waals surface area contributed by atoms with Crippen molar-refractivity contribution in [2.45, 2.75) is 26.7 Å². The van der Waals surface area contributed by atoms with Gasteiger partial charge in [-0.3, -0.25) is 9.48 Å². The molecule has 1 amide bonds. The third kappa shape index (κ3) is 2.83. The lowest BCUT2D eigenvalue weighted by molar-refractivity contribution is -0.117. The number of nitrogens with zero attached hydrogens (tertiary/aromatic N) is 3. The first-order valence-corrected chi connectivity index (χ1v) is 5.30. The summed E-state index contributed by atoms with van der Waals surface area (Å²) in [4.78, 5) is 11.6. The van der Waals surface area contributed by atoms with E-state index in [1.807, 2.05) is 19.9 Å². The summed E-state index contributed by atoms with van der Waals surface area (Å²) in [5, 5.41) is 15.5. The van der Waals surface area contributed by atoms with E-state index in [9.17, 15) is 4.79 Å². The lowest BCUT2D eigenvalue weighted by Gasteiger charge is -2.09. The van der Waals surface area contributed by atoms with Crippen molar-refractivity contribution in [3.8, 4) is 6.07 Å². The molecule has 1 unspecified atom stereocenters. The van der Waals surface area contributed by atoms with E-state index < -0.39 is 0 Å². The number of rotatable bonds is 4. The van der Waals surface area contributed by atoms with Crippen molar-refractivity contribution in [1.82, 2.24) is 9.78 Å². The highest BCUT2D eigenvalue weighted by Gasteiger charge is 2.13. The van der Waals surface area contributed by atoms with Gasteiger partial charge >= 0.3 is 0 Å². The Kier molecular flexibility index (Phi) is 4.06. The van der Waals surface area contributed by atoms with Crippen molar-refractivity contribution in [1.29, 1.82) is 5.26 Å². The number of hydrogen-bond acceptors (Lipinski definition) is 3. The second-order valence-electron chi connectivity index (χ2n) is 3.91. The van der Waals surface area contributed by atoms with Crippen LogP contribution < -0.4 is 5.32 Å². The van der Waals surface area contributed by atoms with Gasteiger partial charge < -0.3 is 5.32 Å². The number of aryl methyl sites for hydroxylation is 1. The first kappa shape index (κ1) is 12.2. The van der Waals surface area contributed by atoms with Crippen molar-refractivity contribution in [2.24, 2.45) is 13.0 Å². The minimum Gasteiger partial charge on any atom is -0.310 e. The van der Waals surface area contributed by atoms with Crippen molar-refractivity contribution in [3.63, 3.8) is 0 Å². The molecule has 5 nitrogen and oxygen atoms in total. The molecule has 1 aromatic rings. The van der Waals surface area contributed by atoms with Crippen LogP contribution in [0.25, 0.3) is 0 Å². The lowest BCUT2D eigenvalue weighted by Crippen LogP contribution is -2.17. The highest BCUT2D eigenvalue weighted by molar-refractivity contribution is 5.91. The summed E-state index contributed by atoms with van der Waals surface area (Å²) in [5.74, 6) is 0.740. The monoisotopic (exact) mass is 220 g/mol. The Morgan fingerprint density at radius 3 is 3.00 bits per heavy atom. The van der Waals surface area contributed by atoms with E-state index in [0.29, 0.717) is 23.7 Å². The number of carbonyl (C=O) groups excluding carboxylic acids is 1. The van der Waals surface area contributed by atoms with Crippen LogP contribution in [0.5, 0.6) is 0 Å². The van der Waals surface area contributed by atoms with Gasteiger partial charge in [-0.2, -0.15) is 10.4 Å². The molecule has 0 saturated carbocycles. The first-order valence-electron chi connectivity index (χ1n) is 5.30. The van der Waals surface area contributed by atoms with Crippen LogP contribution >= 0.6 is 0 Å². The van der Waals surface area contributed by atoms with Gasteiger partial charge in [0.05, 0.1) is 6.20 Å². The van der Waals surface area contributed by atoms with E-state index in [1.165, 1.54) is 10.9 Å². The molecule has 0 spiro atoms. The van der Waals surface area contributed by atoms with E-state index in [1.54, 1.807) is 7.05 Å². The molecule has 0 saturated heterocycles. The number of aromatic nitrogens is 2. The fourth-order valence-electron chi connectivity index (χ4n) is 1.31. The van der Waals surface area contributed by atoms with Crippen molar-refractivity contribution >= 4 is 11.7 Å². The normalized spacial score (nSPS) is 11.9. The summed E-state index contributed by atoms with van der Waals surface area (Å²) >= 11 is 0. The van der Waals surface area contributed by atoms with Gasteiger partial charge in [-0.1, -0.05) is 20.3 Å². The van der Waals surface area contributed by atoms with Gasteiger partial charge in [0.25, 0.3) is 0 Å². The van der Waals surface area contributed by atoms with Gasteiger partial charge in [-0.05, 0) is 5.92 Å². The van der Waals surface area contributed by atoms with Gasteiger partial charge in [0.15, 0.2) is 0 Å². The summed E-state index contributed by atoms with van der Waals surface area (Å²) < 4.78 is 1.49. The van der Waals surface area contributed by atoms with Gasteiger partial charge in [0, 0.05) is 13.5 Å². The predicted molar refractivity (Wildman–Crippen MR) is 60.6 cm³/mol. The third-order valence-electron chi connectivity index (χ3n) is 2.55. The maximum atomic E-state index is 11.6. The largest absolute Gasteiger partial charge is 0.310 e. The standard InChI is InChI=1S/C11H16N4O/c1-4-8(2)5-10(16)14-11-9(6-12)7-13-15(11)3/h7-8H,4-5H2,1-3H3,(H,14,16). The van der Waals surface area contributed by atoms with Gasteiger partial charge in [0.2, 0.25) is 5.91 Å². The average molecular weight is 220 g/mol. The Morgan fingerprint density at radius 2 is 2.44 bits per heavy atom. The molecule has 0 radical (unpaired) electrons. The highest BCUT2D eigenvalue weighted by atomic mass is 16.1. The molecule has 0 aromatic carbocycles. The maximum absolute atomic E-state index is 11.6. The molecule has 0 aliphatic carbocycles. The van der Waals surface area contributed by atoms with Crippen molar-refractivity contribution < 1.29 is 4.79 Å². The maximum Gasteiger partial charge on any atom is 0.225 e. The molecule has 16 heavy (non-hydrogen) atoms. The topological polar surface area (TPSA) is 70.7 Å². The molecule has 1 N–H and O–H groups in total. The lowest BCUT2D eigenvalue weighted by atomic mass is 10.1. The van der Waals surface area contributed by atoms with Crippen LogP contribution in [0.3, 0.4) is 0 Å². The second kappa shape index (κ2) is 5.31. The molecule has 0 aliphatic heterocycles. The fourth-order valence-corrected chi connectivity index (χ4v) is 1.31. The SMILES string of the molecule is CCC(C)CC(=O)Nc1c(C#N)cnn1C. The van der Waals surface area contributed by atoms with Crippen LogP contribution in [0.15, 0.2) is 6.20 Å². The second-order valence-corrected chi connectivity index (χ2v) is 3.91. The molecule has 0 bridgehead atoms. The molecule has 1 atom stereocenters. The number of hydrogen-bond donors (Lipinski definition) is 1. The van der Waals surface area contributed by atoms with E-state index in [2.05, 4.69) is 10.4 Å². The summed E-state index contributed by atoms with van der Waals surface area (Å²) in [5.41, 5.74) is 0.389. The Hall–Kier alpha value is -1.83.